The second kappa shape index (κ2) is 8.84. The monoisotopic (exact) mass is 293 g/mol. The highest BCUT2D eigenvalue weighted by Crippen LogP contribution is 2.35. The van der Waals surface area contributed by atoms with Crippen LogP contribution in [-0.4, -0.2) is 6.54 Å². The molecule has 2 rings (SSSR count). The summed E-state index contributed by atoms with van der Waals surface area (Å²) in [6, 6.07) is 3.11. The van der Waals surface area contributed by atoms with Crippen molar-refractivity contribution in [2.45, 2.75) is 84.1 Å². The van der Waals surface area contributed by atoms with Gasteiger partial charge in [0.1, 0.15) is 0 Å². The highest BCUT2D eigenvalue weighted by Gasteiger charge is 2.19. The Kier molecular flexibility index (Phi) is 7.09. The van der Waals surface area contributed by atoms with Crippen LogP contribution >= 0.6 is 11.3 Å². The third-order valence-corrected chi connectivity index (χ3v) is 5.76. The highest BCUT2D eigenvalue weighted by molar-refractivity contribution is 7.12. The maximum Gasteiger partial charge on any atom is 0.0414 e. The molecule has 114 valence electrons. The van der Waals surface area contributed by atoms with Crippen LogP contribution in [0.15, 0.2) is 6.07 Å². The molecule has 0 aromatic carbocycles. The van der Waals surface area contributed by atoms with Crippen LogP contribution in [0.2, 0.25) is 0 Å². The number of thiophene rings is 1. The Morgan fingerprint density at radius 3 is 2.65 bits per heavy atom. The first-order chi connectivity index (χ1) is 9.85. The molecule has 0 saturated heterocycles. The molecule has 1 atom stereocenters. The minimum atomic E-state index is 0.613. The molecule has 1 aromatic rings. The van der Waals surface area contributed by atoms with Gasteiger partial charge in [-0.1, -0.05) is 52.4 Å². The molecule has 0 radical (unpaired) electrons. The summed E-state index contributed by atoms with van der Waals surface area (Å²) in [6.45, 7) is 5.61. The smallest absolute Gasteiger partial charge is 0.0414 e. The molecule has 1 aliphatic carbocycles. The van der Waals surface area contributed by atoms with Crippen LogP contribution in [0.25, 0.3) is 0 Å². The van der Waals surface area contributed by atoms with Crippen LogP contribution < -0.4 is 5.32 Å². The Morgan fingerprint density at radius 2 is 1.90 bits per heavy atom. The third-order valence-electron chi connectivity index (χ3n) is 4.41. The van der Waals surface area contributed by atoms with Gasteiger partial charge in [-0.15, -0.1) is 11.3 Å². The van der Waals surface area contributed by atoms with Gasteiger partial charge in [0.25, 0.3) is 0 Å². The molecule has 1 aromatic heterocycles. The molecule has 1 nitrogen and oxygen atoms in total. The lowest BCUT2D eigenvalue weighted by Crippen LogP contribution is -2.19. The Labute approximate surface area is 129 Å². The minimum Gasteiger partial charge on any atom is -0.310 e. The largest absolute Gasteiger partial charge is 0.310 e. The fraction of sp³-hybridized carbons (Fsp3) is 0.778. The van der Waals surface area contributed by atoms with Gasteiger partial charge in [-0.2, -0.15) is 0 Å². The zero-order chi connectivity index (χ0) is 14.2. The summed E-state index contributed by atoms with van der Waals surface area (Å²) in [4.78, 5) is 3.27. The average Bonchev–Trinajstić information content (AvgIpc) is 3.02. The van der Waals surface area contributed by atoms with E-state index >= 15 is 0 Å². The molecule has 20 heavy (non-hydrogen) atoms. The van der Waals surface area contributed by atoms with Crippen molar-refractivity contribution in [3.05, 3.63) is 21.4 Å². The first-order valence-corrected chi connectivity index (χ1v) is 9.51. The molecule has 0 fully saturated rings. The summed E-state index contributed by atoms with van der Waals surface area (Å²) in [7, 11) is 0. The fourth-order valence-electron chi connectivity index (χ4n) is 3.24. The van der Waals surface area contributed by atoms with Crippen molar-refractivity contribution < 1.29 is 0 Å². The molecule has 1 unspecified atom stereocenters. The second-order valence-corrected chi connectivity index (χ2v) is 7.29. The zero-order valence-corrected chi connectivity index (χ0v) is 14.2. The number of hydrogen-bond acceptors (Lipinski definition) is 2. The topological polar surface area (TPSA) is 12.0 Å². The highest BCUT2D eigenvalue weighted by atomic mass is 32.1. The van der Waals surface area contributed by atoms with Crippen LogP contribution in [-0.2, 0) is 12.8 Å². The van der Waals surface area contributed by atoms with Crippen molar-refractivity contribution in [2.75, 3.05) is 6.54 Å². The van der Waals surface area contributed by atoms with E-state index in [1.807, 2.05) is 0 Å². The average molecular weight is 294 g/mol. The lowest BCUT2D eigenvalue weighted by atomic mass is 10.0. The molecule has 1 N–H and O–H groups in total. The van der Waals surface area contributed by atoms with Crippen molar-refractivity contribution in [1.29, 1.82) is 0 Å². The van der Waals surface area contributed by atoms with E-state index in [0.717, 1.165) is 6.54 Å². The van der Waals surface area contributed by atoms with Gasteiger partial charge in [0.2, 0.25) is 0 Å². The fourth-order valence-corrected chi connectivity index (χ4v) is 4.61. The van der Waals surface area contributed by atoms with Gasteiger partial charge >= 0.3 is 0 Å². The van der Waals surface area contributed by atoms with Crippen LogP contribution in [0.4, 0.5) is 0 Å². The van der Waals surface area contributed by atoms with E-state index in [0.29, 0.717) is 6.04 Å². The first-order valence-electron chi connectivity index (χ1n) is 8.70. The SMILES string of the molecule is CCCCCCCCC(NCC)c1cc2c(s1)CCC2. The predicted octanol–water partition coefficient (Wildman–Crippen LogP) is 5.64. The van der Waals surface area contributed by atoms with Crippen molar-refractivity contribution in [3.63, 3.8) is 0 Å². The van der Waals surface area contributed by atoms with E-state index < -0.39 is 0 Å². The molecule has 1 heterocycles. The minimum absolute atomic E-state index is 0.613. The molecule has 0 bridgehead atoms. The Morgan fingerprint density at radius 1 is 1.10 bits per heavy atom. The van der Waals surface area contributed by atoms with Crippen LogP contribution in [0.1, 0.15) is 86.6 Å². The van der Waals surface area contributed by atoms with Crippen molar-refractivity contribution in [1.82, 2.24) is 5.32 Å². The van der Waals surface area contributed by atoms with Crippen molar-refractivity contribution >= 4 is 11.3 Å². The van der Waals surface area contributed by atoms with Gasteiger partial charge in [0.05, 0.1) is 0 Å². The standard InChI is InChI=1S/C18H31NS/c1-3-5-6-7-8-9-12-16(19-4-2)18-14-15-11-10-13-17(15)20-18/h14,16,19H,3-13H2,1-2H3. The van der Waals surface area contributed by atoms with Gasteiger partial charge in [0, 0.05) is 15.8 Å². The van der Waals surface area contributed by atoms with E-state index in [-0.39, 0.29) is 0 Å². The van der Waals surface area contributed by atoms with Crippen LogP contribution in [0.3, 0.4) is 0 Å². The Hall–Kier alpha value is -0.340. The number of unbranched alkanes of at least 4 members (excludes halogenated alkanes) is 5. The number of rotatable bonds is 10. The molecular formula is C18H31NS. The van der Waals surface area contributed by atoms with Gasteiger partial charge in [-0.05, 0) is 43.9 Å². The van der Waals surface area contributed by atoms with E-state index in [9.17, 15) is 0 Å². The van der Waals surface area contributed by atoms with E-state index in [4.69, 9.17) is 0 Å². The van der Waals surface area contributed by atoms with E-state index in [1.54, 1.807) is 15.3 Å². The molecular weight excluding hydrogens is 262 g/mol. The van der Waals surface area contributed by atoms with E-state index in [2.05, 4.69) is 36.6 Å². The maximum absolute atomic E-state index is 3.70. The summed E-state index contributed by atoms with van der Waals surface area (Å²) in [5.74, 6) is 0. The van der Waals surface area contributed by atoms with Crippen molar-refractivity contribution in [3.8, 4) is 0 Å². The molecule has 0 spiro atoms. The third kappa shape index (κ3) is 4.60. The predicted molar refractivity (Wildman–Crippen MR) is 90.8 cm³/mol. The number of fused-ring (bicyclic) bond motifs is 1. The Balaban J connectivity index is 1.77. The number of hydrogen-bond donors (Lipinski definition) is 1. The van der Waals surface area contributed by atoms with Gasteiger partial charge in [-0.3, -0.25) is 0 Å². The first kappa shape index (κ1) is 16.0. The lowest BCUT2D eigenvalue weighted by molar-refractivity contribution is 0.482. The molecule has 0 saturated carbocycles. The summed E-state index contributed by atoms with van der Waals surface area (Å²) in [5, 5.41) is 3.70. The zero-order valence-electron chi connectivity index (χ0n) is 13.3. The van der Waals surface area contributed by atoms with Gasteiger partial charge in [-0.25, -0.2) is 0 Å². The number of nitrogens with one attached hydrogen (secondary N) is 1. The number of aryl methyl sites for hydroxylation is 2. The van der Waals surface area contributed by atoms with Crippen LogP contribution in [0.5, 0.6) is 0 Å². The quantitative estimate of drug-likeness (QED) is 0.551. The normalized spacial score (nSPS) is 15.5. The van der Waals surface area contributed by atoms with Gasteiger partial charge in [0.15, 0.2) is 0 Å². The second-order valence-electron chi connectivity index (χ2n) is 6.12. The summed E-state index contributed by atoms with van der Waals surface area (Å²) < 4.78 is 0. The molecule has 2 heteroatoms. The van der Waals surface area contributed by atoms with Crippen molar-refractivity contribution in [2.24, 2.45) is 0 Å². The summed E-state index contributed by atoms with van der Waals surface area (Å²) in [6.07, 6.45) is 13.7. The summed E-state index contributed by atoms with van der Waals surface area (Å²) in [5.41, 5.74) is 1.65. The molecule has 0 amide bonds. The Bertz CT molecular complexity index is 361. The summed E-state index contributed by atoms with van der Waals surface area (Å²) >= 11 is 2.08. The van der Waals surface area contributed by atoms with E-state index in [1.165, 1.54) is 64.2 Å². The maximum atomic E-state index is 3.70. The molecule has 0 aliphatic heterocycles. The lowest BCUT2D eigenvalue weighted by Gasteiger charge is -2.16. The molecule has 1 aliphatic rings. The van der Waals surface area contributed by atoms with Crippen LogP contribution in [0, 0.1) is 0 Å². The van der Waals surface area contributed by atoms with Gasteiger partial charge < -0.3 is 5.32 Å².